The van der Waals surface area contributed by atoms with E-state index in [1.807, 2.05) is 30.3 Å². The monoisotopic (exact) mass is 336 g/mol. The van der Waals surface area contributed by atoms with E-state index in [1.54, 1.807) is 29.2 Å². The van der Waals surface area contributed by atoms with Crippen molar-refractivity contribution < 1.29 is 14.3 Å². The third-order valence-corrected chi connectivity index (χ3v) is 4.23. The third kappa shape index (κ3) is 4.37. The number of carbonyl (C=O) groups excluding carboxylic acids is 1. The number of hydrogen-bond acceptors (Lipinski definition) is 4. The molecule has 2 aromatic carbocycles. The Hall–Kier alpha value is -2.84. The summed E-state index contributed by atoms with van der Waals surface area (Å²) < 4.78 is 10.9. The van der Waals surface area contributed by atoms with Crippen LogP contribution in [0, 0.1) is 11.3 Å². The first-order chi connectivity index (χ1) is 12.3. The van der Waals surface area contributed by atoms with Gasteiger partial charge in [0.05, 0.1) is 11.6 Å². The molecule has 5 nitrogen and oxygen atoms in total. The predicted molar refractivity (Wildman–Crippen MR) is 94.1 cm³/mol. The lowest BCUT2D eigenvalue weighted by Crippen LogP contribution is -2.44. The Kier molecular flexibility index (Phi) is 5.65. The molecule has 3 rings (SSSR count). The Labute approximate surface area is 147 Å². The maximum absolute atomic E-state index is 12.8. The van der Waals surface area contributed by atoms with E-state index < -0.39 is 0 Å². The maximum atomic E-state index is 12.8. The molecule has 1 amide bonds. The lowest BCUT2D eigenvalue weighted by atomic mass is 10.1. The highest BCUT2D eigenvalue weighted by molar-refractivity contribution is 5.88. The highest BCUT2D eigenvalue weighted by atomic mass is 16.6. The standard InChI is InChI=1S/C20H20N2O3/c21-14-16-6-8-18(9-7-16)22(19-10-12-24-13-11-19)20(23)25-15-17-4-2-1-3-5-17/h1-9,19H,10-13,15H2. The van der Waals surface area contributed by atoms with Gasteiger partial charge in [-0.05, 0) is 42.7 Å². The Balaban J connectivity index is 1.77. The zero-order valence-corrected chi connectivity index (χ0v) is 13.9. The van der Waals surface area contributed by atoms with Gasteiger partial charge in [-0.2, -0.15) is 5.26 Å². The molecule has 1 aliphatic heterocycles. The van der Waals surface area contributed by atoms with Crippen LogP contribution in [-0.2, 0) is 16.1 Å². The van der Waals surface area contributed by atoms with E-state index in [-0.39, 0.29) is 18.7 Å². The minimum Gasteiger partial charge on any atom is -0.444 e. The van der Waals surface area contributed by atoms with Crippen LogP contribution in [-0.4, -0.2) is 25.3 Å². The molecule has 128 valence electrons. The molecular formula is C20H20N2O3. The van der Waals surface area contributed by atoms with Gasteiger partial charge in [0.15, 0.2) is 0 Å². The molecule has 0 aliphatic carbocycles. The SMILES string of the molecule is N#Cc1ccc(N(C(=O)OCc2ccccc2)C2CCOCC2)cc1. The highest BCUT2D eigenvalue weighted by Crippen LogP contribution is 2.24. The summed E-state index contributed by atoms with van der Waals surface area (Å²) in [5.41, 5.74) is 2.25. The van der Waals surface area contributed by atoms with Gasteiger partial charge < -0.3 is 9.47 Å². The second-order valence-corrected chi connectivity index (χ2v) is 5.91. The van der Waals surface area contributed by atoms with Crippen molar-refractivity contribution in [3.63, 3.8) is 0 Å². The van der Waals surface area contributed by atoms with Gasteiger partial charge in [0.1, 0.15) is 6.61 Å². The number of nitriles is 1. The van der Waals surface area contributed by atoms with Crippen molar-refractivity contribution in [1.82, 2.24) is 0 Å². The average Bonchev–Trinajstić information content (AvgIpc) is 2.69. The molecule has 25 heavy (non-hydrogen) atoms. The Bertz CT molecular complexity index is 732. The normalized spacial score (nSPS) is 14.5. The summed E-state index contributed by atoms with van der Waals surface area (Å²) in [4.78, 5) is 14.5. The maximum Gasteiger partial charge on any atom is 0.414 e. The van der Waals surface area contributed by atoms with Crippen molar-refractivity contribution in [1.29, 1.82) is 5.26 Å². The van der Waals surface area contributed by atoms with E-state index in [0.29, 0.717) is 18.8 Å². The van der Waals surface area contributed by atoms with Gasteiger partial charge in [-0.15, -0.1) is 0 Å². The van der Waals surface area contributed by atoms with Crippen molar-refractivity contribution in [3.05, 3.63) is 65.7 Å². The Morgan fingerprint density at radius 1 is 1.12 bits per heavy atom. The summed E-state index contributed by atoms with van der Waals surface area (Å²) in [7, 11) is 0. The van der Waals surface area contributed by atoms with Crippen molar-refractivity contribution >= 4 is 11.8 Å². The lowest BCUT2D eigenvalue weighted by Gasteiger charge is -2.33. The first kappa shape index (κ1) is 17.0. The summed E-state index contributed by atoms with van der Waals surface area (Å²) in [5.74, 6) is 0. The number of nitrogens with zero attached hydrogens (tertiary/aromatic N) is 2. The smallest absolute Gasteiger partial charge is 0.414 e. The summed E-state index contributed by atoms with van der Waals surface area (Å²) in [6.07, 6.45) is 1.15. The second-order valence-electron chi connectivity index (χ2n) is 5.91. The van der Waals surface area contributed by atoms with E-state index in [2.05, 4.69) is 6.07 Å². The molecule has 0 radical (unpaired) electrons. The third-order valence-electron chi connectivity index (χ3n) is 4.23. The highest BCUT2D eigenvalue weighted by Gasteiger charge is 2.28. The van der Waals surface area contributed by atoms with Crippen LogP contribution in [0.25, 0.3) is 0 Å². The molecule has 5 heteroatoms. The van der Waals surface area contributed by atoms with Crippen LogP contribution in [0.5, 0.6) is 0 Å². The number of carbonyl (C=O) groups is 1. The first-order valence-electron chi connectivity index (χ1n) is 8.36. The first-order valence-corrected chi connectivity index (χ1v) is 8.36. The van der Waals surface area contributed by atoms with Crippen LogP contribution in [0.3, 0.4) is 0 Å². The van der Waals surface area contributed by atoms with Crippen LogP contribution < -0.4 is 4.90 Å². The van der Waals surface area contributed by atoms with Crippen LogP contribution in [0.2, 0.25) is 0 Å². The number of anilines is 1. The Morgan fingerprint density at radius 3 is 2.44 bits per heavy atom. The van der Waals surface area contributed by atoms with Gasteiger partial charge >= 0.3 is 6.09 Å². The molecule has 0 bridgehead atoms. The molecular weight excluding hydrogens is 316 g/mol. The van der Waals surface area contributed by atoms with Gasteiger partial charge in [0.25, 0.3) is 0 Å². The quantitative estimate of drug-likeness (QED) is 0.850. The fraction of sp³-hybridized carbons (Fsp3) is 0.300. The van der Waals surface area contributed by atoms with Crippen LogP contribution >= 0.6 is 0 Å². The van der Waals surface area contributed by atoms with Gasteiger partial charge in [0, 0.05) is 24.9 Å². The number of ether oxygens (including phenoxy) is 2. The van der Waals surface area contributed by atoms with E-state index in [1.165, 1.54) is 0 Å². The zero-order chi connectivity index (χ0) is 17.5. The zero-order valence-electron chi connectivity index (χ0n) is 13.9. The number of benzene rings is 2. The molecule has 1 fully saturated rings. The molecule has 1 aliphatic rings. The average molecular weight is 336 g/mol. The molecule has 0 spiro atoms. The molecule has 2 aromatic rings. The molecule has 0 unspecified atom stereocenters. The molecule has 1 heterocycles. The topological polar surface area (TPSA) is 62.6 Å². The van der Waals surface area contributed by atoms with Crippen LogP contribution in [0.15, 0.2) is 54.6 Å². The van der Waals surface area contributed by atoms with Crippen molar-refractivity contribution in [3.8, 4) is 6.07 Å². The van der Waals surface area contributed by atoms with Crippen LogP contribution in [0.1, 0.15) is 24.0 Å². The van der Waals surface area contributed by atoms with Crippen molar-refractivity contribution in [2.75, 3.05) is 18.1 Å². The van der Waals surface area contributed by atoms with Gasteiger partial charge in [-0.25, -0.2) is 4.79 Å². The number of amides is 1. The Morgan fingerprint density at radius 2 is 1.80 bits per heavy atom. The van der Waals surface area contributed by atoms with Crippen LogP contribution in [0.4, 0.5) is 10.5 Å². The summed E-state index contributed by atoms with van der Waals surface area (Å²) >= 11 is 0. The van der Waals surface area contributed by atoms with Gasteiger partial charge in [-0.3, -0.25) is 4.90 Å². The molecule has 0 atom stereocenters. The van der Waals surface area contributed by atoms with Gasteiger partial charge in [-0.1, -0.05) is 30.3 Å². The summed E-state index contributed by atoms with van der Waals surface area (Å²) in [6.45, 7) is 1.49. The van der Waals surface area contributed by atoms with E-state index in [4.69, 9.17) is 14.7 Å². The summed E-state index contributed by atoms with van der Waals surface area (Å²) in [6, 6.07) is 18.7. The van der Waals surface area contributed by atoms with E-state index >= 15 is 0 Å². The lowest BCUT2D eigenvalue weighted by molar-refractivity contribution is 0.0806. The second kappa shape index (κ2) is 8.32. The number of hydrogen-bond donors (Lipinski definition) is 0. The largest absolute Gasteiger partial charge is 0.444 e. The minimum atomic E-state index is -0.375. The molecule has 1 saturated heterocycles. The minimum absolute atomic E-state index is 0.0324. The van der Waals surface area contributed by atoms with E-state index in [0.717, 1.165) is 24.1 Å². The van der Waals surface area contributed by atoms with Crippen molar-refractivity contribution in [2.45, 2.75) is 25.5 Å². The molecule has 0 aromatic heterocycles. The summed E-state index contributed by atoms with van der Waals surface area (Å²) in [5, 5.41) is 8.96. The van der Waals surface area contributed by atoms with E-state index in [9.17, 15) is 4.79 Å². The predicted octanol–water partition coefficient (Wildman–Crippen LogP) is 3.88. The van der Waals surface area contributed by atoms with Gasteiger partial charge in [0.2, 0.25) is 0 Å². The van der Waals surface area contributed by atoms with Crippen molar-refractivity contribution in [2.24, 2.45) is 0 Å². The fourth-order valence-corrected chi connectivity index (χ4v) is 2.89. The number of rotatable bonds is 4. The fourth-order valence-electron chi connectivity index (χ4n) is 2.89. The molecule has 0 N–H and O–H groups in total. The molecule has 0 saturated carbocycles.